The molecule has 0 aromatic rings. The van der Waals surface area contributed by atoms with E-state index >= 15 is 0 Å². The number of hydrogen-bond acceptors (Lipinski definition) is 4. The van der Waals surface area contributed by atoms with Crippen molar-refractivity contribution in [1.29, 1.82) is 5.26 Å². The van der Waals surface area contributed by atoms with Crippen LogP contribution in [0.3, 0.4) is 0 Å². The first-order valence-electron chi connectivity index (χ1n) is 5.91. The lowest BCUT2D eigenvalue weighted by Gasteiger charge is -2.24. The molecule has 0 aliphatic carbocycles. The van der Waals surface area contributed by atoms with Gasteiger partial charge in [-0.05, 0) is 44.2 Å². The molecule has 4 heteroatoms. The second kappa shape index (κ2) is 9.95. The summed E-state index contributed by atoms with van der Waals surface area (Å²) in [6, 6.07) is 2.39. The SMILES string of the molecule is CCC(C#N)(CCCSCCCOC)NC. The molecular formula is C12H24N2OS. The van der Waals surface area contributed by atoms with Crippen molar-refractivity contribution in [3.63, 3.8) is 0 Å². The van der Waals surface area contributed by atoms with Gasteiger partial charge in [-0.15, -0.1) is 0 Å². The van der Waals surface area contributed by atoms with Crippen molar-refractivity contribution >= 4 is 11.8 Å². The second-order valence-corrected chi connectivity index (χ2v) is 5.08. The quantitative estimate of drug-likeness (QED) is 0.600. The molecule has 0 rings (SSSR count). The average Bonchev–Trinajstić information content (AvgIpc) is 2.34. The summed E-state index contributed by atoms with van der Waals surface area (Å²) in [7, 11) is 3.61. The van der Waals surface area contributed by atoms with Crippen LogP contribution in [0.15, 0.2) is 0 Å². The molecule has 0 aromatic carbocycles. The molecule has 0 saturated heterocycles. The summed E-state index contributed by atoms with van der Waals surface area (Å²) in [5.41, 5.74) is -0.312. The molecule has 1 unspecified atom stereocenters. The third-order valence-electron chi connectivity index (χ3n) is 2.83. The highest BCUT2D eigenvalue weighted by Crippen LogP contribution is 2.18. The Balaban J connectivity index is 3.53. The van der Waals surface area contributed by atoms with Crippen LogP contribution in [0.2, 0.25) is 0 Å². The molecule has 1 N–H and O–H groups in total. The third kappa shape index (κ3) is 6.37. The summed E-state index contributed by atoms with van der Waals surface area (Å²) in [6.07, 6.45) is 4.02. The molecule has 0 aliphatic heterocycles. The van der Waals surface area contributed by atoms with Gasteiger partial charge in [0.05, 0.1) is 6.07 Å². The van der Waals surface area contributed by atoms with Gasteiger partial charge < -0.3 is 10.1 Å². The second-order valence-electron chi connectivity index (χ2n) is 3.86. The fourth-order valence-electron chi connectivity index (χ4n) is 1.55. The van der Waals surface area contributed by atoms with Crippen molar-refractivity contribution in [2.45, 2.75) is 38.1 Å². The number of nitrogens with zero attached hydrogens (tertiary/aromatic N) is 1. The molecule has 0 spiro atoms. The van der Waals surface area contributed by atoms with E-state index in [0.717, 1.165) is 43.8 Å². The first kappa shape index (κ1) is 15.8. The van der Waals surface area contributed by atoms with Gasteiger partial charge in [-0.1, -0.05) is 6.92 Å². The summed E-state index contributed by atoms with van der Waals surface area (Å²) in [6.45, 7) is 2.91. The fraction of sp³-hybridized carbons (Fsp3) is 0.917. The zero-order valence-electron chi connectivity index (χ0n) is 10.7. The molecule has 3 nitrogen and oxygen atoms in total. The van der Waals surface area contributed by atoms with E-state index in [4.69, 9.17) is 10.00 Å². The van der Waals surface area contributed by atoms with Crippen LogP contribution in [0.1, 0.15) is 32.6 Å². The largest absolute Gasteiger partial charge is 0.385 e. The van der Waals surface area contributed by atoms with Gasteiger partial charge in [0.2, 0.25) is 0 Å². The first-order valence-corrected chi connectivity index (χ1v) is 7.07. The van der Waals surface area contributed by atoms with Gasteiger partial charge in [-0.2, -0.15) is 17.0 Å². The first-order chi connectivity index (χ1) is 7.74. The van der Waals surface area contributed by atoms with Crippen molar-refractivity contribution in [3.8, 4) is 6.07 Å². The van der Waals surface area contributed by atoms with Crippen molar-refractivity contribution < 1.29 is 4.74 Å². The van der Waals surface area contributed by atoms with E-state index in [1.165, 1.54) is 0 Å². The minimum atomic E-state index is -0.312. The molecule has 0 radical (unpaired) electrons. The number of hydrogen-bond donors (Lipinski definition) is 1. The molecule has 0 bridgehead atoms. The smallest absolute Gasteiger partial charge is 0.106 e. The normalized spacial score (nSPS) is 14.4. The van der Waals surface area contributed by atoms with E-state index < -0.39 is 0 Å². The zero-order chi connectivity index (χ0) is 12.3. The summed E-state index contributed by atoms with van der Waals surface area (Å²) in [5.74, 6) is 2.29. The van der Waals surface area contributed by atoms with E-state index in [9.17, 15) is 0 Å². The molecule has 16 heavy (non-hydrogen) atoms. The van der Waals surface area contributed by atoms with Crippen molar-refractivity contribution in [2.24, 2.45) is 0 Å². The van der Waals surface area contributed by atoms with Gasteiger partial charge >= 0.3 is 0 Å². The van der Waals surface area contributed by atoms with Crippen LogP contribution < -0.4 is 5.32 Å². The molecule has 0 amide bonds. The topological polar surface area (TPSA) is 45.0 Å². The van der Waals surface area contributed by atoms with E-state index in [-0.39, 0.29) is 5.54 Å². The van der Waals surface area contributed by atoms with Gasteiger partial charge in [0.1, 0.15) is 5.54 Å². The summed E-state index contributed by atoms with van der Waals surface area (Å²) < 4.78 is 4.99. The lowest BCUT2D eigenvalue weighted by molar-refractivity contribution is 0.200. The molecule has 0 heterocycles. The molecule has 94 valence electrons. The number of ether oxygens (including phenoxy) is 1. The van der Waals surface area contributed by atoms with Gasteiger partial charge in [0.15, 0.2) is 0 Å². The Morgan fingerprint density at radius 2 is 2.06 bits per heavy atom. The van der Waals surface area contributed by atoms with Crippen LogP contribution in [-0.2, 0) is 4.74 Å². The van der Waals surface area contributed by atoms with E-state index in [1.807, 2.05) is 18.8 Å². The van der Waals surface area contributed by atoms with Crippen LogP contribution in [0.4, 0.5) is 0 Å². The van der Waals surface area contributed by atoms with Crippen LogP contribution in [-0.4, -0.2) is 37.8 Å². The fourth-order valence-corrected chi connectivity index (χ4v) is 2.43. The number of thioether (sulfide) groups is 1. The summed E-state index contributed by atoms with van der Waals surface area (Å²) >= 11 is 1.95. The molecule has 0 saturated carbocycles. The summed E-state index contributed by atoms with van der Waals surface area (Å²) in [5, 5.41) is 12.2. The van der Waals surface area contributed by atoms with Crippen molar-refractivity contribution in [3.05, 3.63) is 0 Å². The van der Waals surface area contributed by atoms with Gasteiger partial charge in [0.25, 0.3) is 0 Å². The number of nitrogens with one attached hydrogen (secondary N) is 1. The van der Waals surface area contributed by atoms with Crippen LogP contribution >= 0.6 is 11.8 Å². The van der Waals surface area contributed by atoms with Gasteiger partial charge in [-0.3, -0.25) is 0 Å². The molecular weight excluding hydrogens is 220 g/mol. The highest BCUT2D eigenvalue weighted by atomic mass is 32.2. The van der Waals surface area contributed by atoms with E-state index in [0.29, 0.717) is 0 Å². The Morgan fingerprint density at radius 3 is 2.56 bits per heavy atom. The average molecular weight is 244 g/mol. The Bertz CT molecular complexity index is 200. The highest BCUT2D eigenvalue weighted by molar-refractivity contribution is 7.99. The standard InChI is InChI=1S/C12H24N2OS/c1-4-12(11-13,14-2)7-5-9-16-10-6-8-15-3/h14H,4-10H2,1-3H3. The Hall–Kier alpha value is -0.240. The lowest BCUT2D eigenvalue weighted by Crippen LogP contribution is -2.40. The monoisotopic (exact) mass is 244 g/mol. The minimum Gasteiger partial charge on any atom is -0.385 e. The molecule has 0 aliphatic rings. The van der Waals surface area contributed by atoms with E-state index in [1.54, 1.807) is 7.11 Å². The predicted molar refractivity (Wildman–Crippen MR) is 70.7 cm³/mol. The Labute approximate surface area is 104 Å². The summed E-state index contributed by atoms with van der Waals surface area (Å²) in [4.78, 5) is 0. The molecule has 0 aromatic heterocycles. The van der Waals surface area contributed by atoms with Crippen LogP contribution in [0, 0.1) is 11.3 Å². The Kier molecular flexibility index (Phi) is 9.80. The number of methoxy groups -OCH3 is 1. The third-order valence-corrected chi connectivity index (χ3v) is 3.98. The van der Waals surface area contributed by atoms with E-state index in [2.05, 4.69) is 18.3 Å². The zero-order valence-corrected chi connectivity index (χ0v) is 11.5. The minimum absolute atomic E-state index is 0.312. The maximum absolute atomic E-state index is 9.11. The lowest BCUT2D eigenvalue weighted by atomic mass is 9.93. The number of rotatable bonds is 10. The molecule has 1 atom stereocenters. The van der Waals surface area contributed by atoms with Crippen molar-refractivity contribution in [2.75, 3.05) is 32.3 Å². The predicted octanol–water partition coefficient (Wildman–Crippen LogP) is 2.43. The van der Waals surface area contributed by atoms with Crippen LogP contribution in [0.5, 0.6) is 0 Å². The van der Waals surface area contributed by atoms with Gasteiger partial charge in [0, 0.05) is 13.7 Å². The molecule has 0 fully saturated rings. The number of nitriles is 1. The maximum Gasteiger partial charge on any atom is 0.106 e. The van der Waals surface area contributed by atoms with Gasteiger partial charge in [-0.25, -0.2) is 0 Å². The van der Waals surface area contributed by atoms with Crippen molar-refractivity contribution in [1.82, 2.24) is 5.32 Å². The Morgan fingerprint density at radius 1 is 1.38 bits per heavy atom. The maximum atomic E-state index is 9.11. The highest BCUT2D eigenvalue weighted by Gasteiger charge is 2.24. The van der Waals surface area contributed by atoms with Crippen LogP contribution in [0.25, 0.3) is 0 Å².